The minimum absolute atomic E-state index is 0.0875. The molecule has 0 spiro atoms. The number of carbonyl (C=O) groups is 2. The first-order valence-corrected chi connectivity index (χ1v) is 11.9. The van der Waals surface area contributed by atoms with E-state index in [1.54, 1.807) is 18.3 Å². The fourth-order valence-electron chi connectivity index (χ4n) is 4.26. The molecule has 0 unspecified atom stereocenters. The van der Waals surface area contributed by atoms with E-state index >= 15 is 0 Å². The Balaban J connectivity index is 1.20. The van der Waals surface area contributed by atoms with Crippen LogP contribution in [0, 0.1) is 0 Å². The summed E-state index contributed by atoms with van der Waals surface area (Å²) in [6.07, 6.45) is 2.82. The summed E-state index contributed by atoms with van der Waals surface area (Å²) in [7, 11) is 0. The highest BCUT2D eigenvalue weighted by Crippen LogP contribution is 2.32. The number of morpholine rings is 1. The van der Waals surface area contributed by atoms with E-state index in [9.17, 15) is 9.59 Å². The molecule has 9 nitrogen and oxygen atoms in total. The minimum Gasteiger partial charge on any atom is -0.379 e. The van der Waals surface area contributed by atoms with Gasteiger partial charge >= 0.3 is 0 Å². The van der Waals surface area contributed by atoms with Gasteiger partial charge in [0, 0.05) is 48.2 Å². The maximum absolute atomic E-state index is 12.5. The van der Waals surface area contributed by atoms with Crippen LogP contribution in [-0.2, 0) is 16.0 Å². The Hall–Kier alpha value is -3.82. The summed E-state index contributed by atoms with van der Waals surface area (Å²) in [4.78, 5) is 36.1. The fourth-order valence-corrected chi connectivity index (χ4v) is 4.26. The second-order valence-corrected chi connectivity index (χ2v) is 8.60. The zero-order valence-corrected chi connectivity index (χ0v) is 19.4. The summed E-state index contributed by atoms with van der Waals surface area (Å²) in [5, 5.41) is 9.10. The number of amides is 2. The van der Waals surface area contributed by atoms with Gasteiger partial charge in [0.2, 0.25) is 11.9 Å². The molecular weight excluding hydrogens is 444 g/mol. The van der Waals surface area contributed by atoms with E-state index in [0.717, 1.165) is 67.5 Å². The molecule has 0 saturated carbocycles. The largest absolute Gasteiger partial charge is 0.379 e. The zero-order chi connectivity index (χ0) is 24.0. The molecule has 2 aromatic carbocycles. The number of fused-ring (bicyclic) bond motifs is 3. The molecule has 0 atom stereocenters. The van der Waals surface area contributed by atoms with Gasteiger partial charge in [0.1, 0.15) is 0 Å². The van der Waals surface area contributed by atoms with Crippen molar-refractivity contribution in [3.8, 4) is 11.3 Å². The number of benzene rings is 2. The molecule has 3 heterocycles. The molecule has 180 valence electrons. The molecule has 3 aromatic rings. The van der Waals surface area contributed by atoms with Crippen molar-refractivity contribution in [1.82, 2.24) is 20.2 Å². The first-order chi connectivity index (χ1) is 17.2. The molecular formula is C26H28N6O3. The van der Waals surface area contributed by atoms with E-state index in [2.05, 4.69) is 30.8 Å². The van der Waals surface area contributed by atoms with Gasteiger partial charge in [-0.1, -0.05) is 18.2 Å². The lowest BCUT2D eigenvalue weighted by Crippen LogP contribution is -2.38. The van der Waals surface area contributed by atoms with Crippen molar-refractivity contribution >= 4 is 29.1 Å². The van der Waals surface area contributed by atoms with E-state index < -0.39 is 0 Å². The molecule has 1 saturated heterocycles. The third-order valence-electron chi connectivity index (χ3n) is 6.12. The predicted molar refractivity (Wildman–Crippen MR) is 134 cm³/mol. The van der Waals surface area contributed by atoms with Gasteiger partial charge in [0.05, 0.1) is 31.0 Å². The third-order valence-corrected chi connectivity index (χ3v) is 6.12. The van der Waals surface area contributed by atoms with Crippen LogP contribution in [0.1, 0.15) is 22.3 Å². The smallest absolute Gasteiger partial charge is 0.251 e. The van der Waals surface area contributed by atoms with Crippen molar-refractivity contribution in [3.05, 3.63) is 65.9 Å². The van der Waals surface area contributed by atoms with Crippen LogP contribution >= 0.6 is 0 Å². The number of aromatic nitrogens is 2. The lowest BCUT2D eigenvalue weighted by Gasteiger charge is -2.26. The molecule has 35 heavy (non-hydrogen) atoms. The normalized spacial score (nSPS) is 15.4. The maximum Gasteiger partial charge on any atom is 0.251 e. The second-order valence-electron chi connectivity index (χ2n) is 8.60. The Kier molecular flexibility index (Phi) is 6.97. The predicted octanol–water partition coefficient (Wildman–Crippen LogP) is 2.83. The van der Waals surface area contributed by atoms with Gasteiger partial charge < -0.3 is 20.7 Å². The molecule has 2 aliphatic heterocycles. The second kappa shape index (κ2) is 10.6. The molecule has 2 amide bonds. The molecule has 0 radical (unpaired) electrons. The fraction of sp³-hybridized carbons (Fsp3) is 0.308. The van der Waals surface area contributed by atoms with Gasteiger partial charge in [-0.2, -0.15) is 0 Å². The Morgan fingerprint density at radius 1 is 1.09 bits per heavy atom. The van der Waals surface area contributed by atoms with Crippen molar-refractivity contribution in [3.63, 3.8) is 0 Å². The summed E-state index contributed by atoms with van der Waals surface area (Å²) in [5.74, 6) is 0.247. The average molecular weight is 473 g/mol. The van der Waals surface area contributed by atoms with Crippen LogP contribution in [0.25, 0.3) is 11.3 Å². The number of carbonyl (C=O) groups excluding carboxylic acids is 2. The van der Waals surface area contributed by atoms with Crippen LogP contribution in [0.4, 0.5) is 17.3 Å². The van der Waals surface area contributed by atoms with Crippen LogP contribution in [-0.4, -0.2) is 66.1 Å². The van der Waals surface area contributed by atoms with Crippen LogP contribution < -0.4 is 16.0 Å². The van der Waals surface area contributed by atoms with E-state index in [-0.39, 0.29) is 18.2 Å². The number of nitrogens with one attached hydrogen (secondary N) is 3. The Morgan fingerprint density at radius 3 is 2.71 bits per heavy atom. The summed E-state index contributed by atoms with van der Waals surface area (Å²) in [6.45, 7) is 5.08. The third kappa shape index (κ3) is 5.64. The van der Waals surface area contributed by atoms with Crippen molar-refractivity contribution in [1.29, 1.82) is 0 Å². The quantitative estimate of drug-likeness (QED) is 0.454. The summed E-state index contributed by atoms with van der Waals surface area (Å²) < 4.78 is 5.36. The number of hydrogen-bond acceptors (Lipinski definition) is 7. The number of hydrogen-bond donors (Lipinski definition) is 3. The van der Waals surface area contributed by atoms with Crippen LogP contribution in [0.2, 0.25) is 0 Å². The zero-order valence-electron chi connectivity index (χ0n) is 19.4. The molecule has 2 aliphatic rings. The SMILES string of the molecule is O=C1Cc2cnc(Nc3ccc(C(=O)NCCCN4CCOCC4)cc3)nc2-c2ccccc2N1. The molecule has 3 N–H and O–H groups in total. The Morgan fingerprint density at radius 2 is 1.89 bits per heavy atom. The van der Waals surface area contributed by atoms with Crippen LogP contribution in [0.3, 0.4) is 0 Å². The van der Waals surface area contributed by atoms with Crippen molar-refractivity contribution in [2.24, 2.45) is 0 Å². The molecule has 0 bridgehead atoms. The molecule has 0 aliphatic carbocycles. The highest BCUT2D eigenvalue weighted by atomic mass is 16.5. The van der Waals surface area contributed by atoms with E-state index in [0.29, 0.717) is 18.1 Å². The topological polar surface area (TPSA) is 108 Å². The van der Waals surface area contributed by atoms with E-state index in [1.807, 2.05) is 36.4 Å². The summed E-state index contributed by atoms with van der Waals surface area (Å²) in [5.41, 5.74) is 4.47. The number of rotatable bonds is 7. The van der Waals surface area contributed by atoms with Gasteiger partial charge in [-0.3, -0.25) is 14.5 Å². The first kappa shape index (κ1) is 22.9. The van der Waals surface area contributed by atoms with Crippen LogP contribution in [0.15, 0.2) is 54.7 Å². The number of ether oxygens (including phenoxy) is 1. The Bertz CT molecular complexity index is 1210. The molecule has 1 aromatic heterocycles. The van der Waals surface area contributed by atoms with Crippen molar-refractivity contribution in [2.75, 3.05) is 50.0 Å². The molecule has 5 rings (SSSR count). The molecule has 9 heteroatoms. The Labute approximate surface area is 203 Å². The van der Waals surface area contributed by atoms with Gasteiger partial charge in [-0.05, 0) is 43.3 Å². The average Bonchev–Trinajstić information content (AvgIpc) is 3.03. The lowest BCUT2D eigenvalue weighted by atomic mass is 10.1. The van der Waals surface area contributed by atoms with Crippen LogP contribution in [0.5, 0.6) is 0 Å². The number of nitrogens with zero attached hydrogens (tertiary/aromatic N) is 3. The highest BCUT2D eigenvalue weighted by Gasteiger charge is 2.20. The van der Waals surface area contributed by atoms with E-state index in [1.165, 1.54) is 0 Å². The van der Waals surface area contributed by atoms with Gasteiger partial charge in [0.15, 0.2) is 0 Å². The van der Waals surface area contributed by atoms with Gasteiger partial charge in [-0.25, -0.2) is 9.97 Å². The standard InChI is InChI=1S/C26H28N6O3/c33-23-16-19-17-28-26(31-24(19)21-4-1-2-5-22(21)30-23)29-20-8-6-18(7-9-20)25(34)27-10-3-11-32-12-14-35-15-13-32/h1-2,4-9,17H,3,10-16H2,(H,27,34)(H,30,33)(H,28,29,31). The van der Waals surface area contributed by atoms with Gasteiger partial charge in [0.25, 0.3) is 5.91 Å². The monoisotopic (exact) mass is 472 g/mol. The highest BCUT2D eigenvalue weighted by molar-refractivity contribution is 6.00. The number of para-hydroxylation sites is 1. The van der Waals surface area contributed by atoms with Crippen molar-refractivity contribution < 1.29 is 14.3 Å². The van der Waals surface area contributed by atoms with Crippen molar-refractivity contribution in [2.45, 2.75) is 12.8 Å². The van der Waals surface area contributed by atoms with Gasteiger partial charge in [-0.15, -0.1) is 0 Å². The van der Waals surface area contributed by atoms with E-state index in [4.69, 9.17) is 4.74 Å². The minimum atomic E-state index is -0.0893. The molecule has 1 fully saturated rings. The summed E-state index contributed by atoms with van der Waals surface area (Å²) in [6, 6.07) is 14.8. The summed E-state index contributed by atoms with van der Waals surface area (Å²) >= 11 is 0. The maximum atomic E-state index is 12.5. The lowest BCUT2D eigenvalue weighted by molar-refractivity contribution is -0.115. The number of anilines is 3. The first-order valence-electron chi connectivity index (χ1n) is 11.9.